The summed E-state index contributed by atoms with van der Waals surface area (Å²) in [4.78, 5) is 23.2. The fraction of sp³-hybridized carbons (Fsp3) is 0.611. The number of phosphoric acid groups is 1. The van der Waals surface area contributed by atoms with E-state index < -0.39 is 20.0 Å². The number of nitrogens with one attached hydrogen (secondary N) is 1. The Kier molecular flexibility index (Phi) is 41.9. The number of aliphatic hydroxyl groups is 1. The Morgan fingerprint density at radius 3 is 1.46 bits per heavy atom. The number of carbonyl (C=O) groups excluding carboxylic acids is 1. The Bertz CT molecular complexity index is 1430. The highest BCUT2D eigenvalue weighted by Gasteiger charge is 2.27. The molecule has 0 aromatic rings. The van der Waals surface area contributed by atoms with E-state index in [2.05, 4.69) is 129 Å². The number of likely N-dealkylation sites (N-methyl/N-ethyl adjacent to an activating group) is 1. The Balaban J connectivity index is 4.58. The first-order valence-corrected chi connectivity index (χ1v) is 25.9. The first-order chi connectivity index (χ1) is 30.5. The lowest BCUT2D eigenvalue weighted by Gasteiger charge is -2.25. The molecule has 0 aliphatic rings. The maximum Gasteiger partial charge on any atom is 0.472 e. The minimum Gasteiger partial charge on any atom is -0.387 e. The van der Waals surface area contributed by atoms with Gasteiger partial charge in [0.2, 0.25) is 5.91 Å². The smallest absolute Gasteiger partial charge is 0.387 e. The largest absolute Gasteiger partial charge is 0.472 e. The lowest BCUT2D eigenvalue weighted by atomic mass is 10.1. The minimum atomic E-state index is -4.38. The van der Waals surface area contributed by atoms with Gasteiger partial charge in [-0.2, -0.15) is 0 Å². The van der Waals surface area contributed by atoms with Crippen molar-refractivity contribution in [3.8, 4) is 0 Å². The van der Waals surface area contributed by atoms with Gasteiger partial charge in [-0.3, -0.25) is 13.8 Å². The zero-order chi connectivity index (χ0) is 46.4. The molecule has 0 bridgehead atoms. The molecule has 3 N–H and O–H groups in total. The van der Waals surface area contributed by atoms with Crippen molar-refractivity contribution in [2.24, 2.45) is 0 Å². The first kappa shape index (κ1) is 59.9. The van der Waals surface area contributed by atoms with Gasteiger partial charge >= 0.3 is 7.82 Å². The molecule has 0 rings (SSSR count). The lowest BCUT2D eigenvalue weighted by molar-refractivity contribution is -0.870. The second-order valence-electron chi connectivity index (χ2n) is 17.1. The highest BCUT2D eigenvalue weighted by Crippen LogP contribution is 2.43. The molecular formula is C54H92N2O6P+. The molecule has 1 amide bonds. The Labute approximate surface area is 386 Å². The van der Waals surface area contributed by atoms with Gasteiger partial charge in [-0.05, 0) is 96.3 Å². The normalized spacial score (nSPS) is 15.2. The lowest BCUT2D eigenvalue weighted by Crippen LogP contribution is -2.45. The number of aliphatic hydroxyl groups excluding tert-OH is 1. The van der Waals surface area contributed by atoms with Crippen molar-refractivity contribution in [1.82, 2.24) is 5.32 Å². The zero-order valence-corrected chi connectivity index (χ0v) is 41.4. The highest BCUT2D eigenvalue weighted by atomic mass is 31.2. The van der Waals surface area contributed by atoms with Crippen molar-refractivity contribution in [1.29, 1.82) is 0 Å². The van der Waals surface area contributed by atoms with E-state index >= 15 is 0 Å². The molecule has 0 aliphatic heterocycles. The van der Waals surface area contributed by atoms with E-state index in [1.54, 1.807) is 6.08 Å². The topological polar surface area (TPSA) is 105 Å². The number of hydrogen-bond donors (Lipinski definition) is 3. The molecule has 0 saturated carbocycles. The summed E-state index contributed by atoms with van der Waals surface area (Å²) in [6.45, 7) is 4.59. The van der Waals surface area contributed by atoms with Crippen LogP contribution in [-0.4, -0.2) is 73.4 Å². The summed E-state index contributed by atoms with van der Waals surface area (Å²) >= 11 is 0. The van der Waals surface area contributed by atoms with E-state index in [-0.39, 0.29) is 25.5 Å². The molecule has 3 unspecified atom stereocenters. The van der Waals surface area contributed by atoms with Crippen LogP contribution in [0.5, 0.6) is 0 Å². The van der Waals surface area contributed by atoms with Crippen LogP contribution in [0.3, 0.4) is 0 Å². The monoisotopic (exact) mass is 896 g/mol. The SMILES string of the molecule is CC/C=C\C/C=C\C/C=C\C/C=C\C/C=C\C/C=C\C/C=C\CCCC(=O)NC(COP(=O)(O)OCC[N+](C)(C)C)C(O)/C=C/CC/C=C/CC/C=C/CCCCCCCCCC. The number of nitrogens with zero attached hydrogens (tertiary/aromatic N) is 1. The van der Waals surface area contributed by atoms with Crippen molar-refractivity contribution in [3.63, 3.8) is 0 Å². The van der Waals surface area contributed by atoms with Crippen molar-refractivity contribution in [2.45, 2.75) is 174 Å². The number of allylic oxidation sites excluding steroid dienone is 19. The summed E-state index contributed by atoms with van der Waals surface area (Å²) in [6, 6.07) is -0.909. The van der Waals surface area contributed by atoms with Gasteiger partial charge in [0.25, 0.3) is 0 Å². The second-order valence-corrected chi connectivity index (χ2v) is 18.5. The predicted octanol–water partition coefficient (Wildman–Crippen LogP) is 14.2. The van der Waals surface area contributed by atoms with Gasteiger partial charge in [-0.25, -0.2) is 4.57 Å². The quantitative estimate of drug-likeness (QED) is 0.0244. The number of rotatable bonds is 42. The summed E-state index contributed by atoms with van der Waals surface area (Å²) < 4.78 is 23.5. The Hall–Kier alpha value is -3.10. The van der Waals surface area contributed by atoms with E-state index in [0.717, 1.165) is 77.0 Å². The third-order valence-corrected chi connectivity index (χ3v) is 10.9. The molecule has 63 heavy (non-hydrogen) atoms. The van der Waals surface area contributed by atoms with Gasteiger partial charge in [-0.15, -0.1) is 0 Å². The average Bonchev–Trinajstić information content (AvgIpc) is 3.24. The van der Waals surface area contributed by atoms with Crippen LogP contribution in [-0.2, 0) is 18.4 Å². The highest BCUT2D eigenvalue weighted by molar-refractivity contribution is 7.47. The molecule has 9 heteroatoms. The zero-order valence-electron chi connectivity index (χ0n) is 40.5. The third-order valence-electron chi connectivity index (χ3n) is 9.89. The number of unbranched alkanes of at least 4 members (excludes halogenated alkanes) is 11. The number of hydrogen-bond acceptors (Lipinski definition) is 5. The van der Waals surface area contributed by atoms with Crippen LogP contribution in [0.2, 0.25) is 0 Å². The Morgan fingerprint density at radius 2 is 0.968 bits per heavy atom. The molecule has 0 saturated heterocycles. The van der Waals surface area contributed by atoms with Gasteiger partial charge in [0, 0.05) is 6.42 Å². The van der Waals surface area contributed by atoms with Crippen LogP contribution in [0, 0.1) is 0 Å². The van der Waals surface area contributed by atoms with Crippen LogP contribution >= 0.6 is 7.82 Å². The number of quaternary nitrogens is 1. The minimum absolute atomic E-state index is 0.0352. The van der Waals surface area contributed by atoms with E-state index in [9.17, 15) is 19.4 Å². The van der Waals surface area contributed by atoms with Crippen molar-refractivity contribution < 1.29 is 32.9 Å². The number of carbonyl (C=O) groups is 1. The summed E-state index contributed by atoms with van der Waals surface area (Å²) in [5, 5.41) is 13.8. The summed E-state index contributed by atoms with van der Waals surface area (Å²) in [5.74, 6) is -0.255. The van der Waals surface area contributed by atoms with Crippen LogP contribution < -0.4 is 5.32 Å². The molecule has 0 spiro atoms. The van der Waals surface area contributed by atoms with Crippen LogP contribution in [0.4, 0.5) is 0 Å². The molecular weight excluding hydrogens is 804 g/mol. The maximum absolute atomic E-state index is 12.9. The fourth-order valence-corrected chi connectivity index (χ4v) is 6.80. The third kappa shape index (κ3) is 46.7. The molecule has 0 aromatic carbocycles. The van der Waals surface area contributed by atoms with Gasteiger partial charge in [0.15, 0.2) is 0 Å². The Morgan fingerprint density at radius 1 is 0.556 bits per heavy atom. The van der Waals surface area contributed by atoms with E-state index in [4.69, 9.17) is 9.05 Å². The second kappa shape index (κ2) is 44.1. The van der Waals surface area contributed by atoms with Gasteiger partial charge in [0.1, 0.15) is 13.2 Å². The van der Waals surface area contributed by atoms with Gasteiger partial charge in [-0.1, -0.05) is 180 Å². The molecule has 0 aromatic heterocycles. The van der Waals surface area contributed by atoms with E-state index in [1.165, 1.54) is 57.8 Å². The summed E-state index contributed by atoms with van der Waals surface area (Å²) in [5.41, 5.74) is 0. The molecule has 0 aliphatic carbocycles. The summed E-state index contributed by atoms with van der Waals surface area (Å²) in [7, 11) is 1.49. The predicted molar refractivity (Wildman–Crippen MR) is 272 cm³/mol. The number of amides is 1. The van der Waals surface area contributed by atoms with Crippen molar-refractivity contribution in [3.05, 3.63) is 122 Å². The van der Waals surface area contributed by atoms with Crippen LogP contribution in [0.25, 0.3) is 0 Å². The van der Waals surface area contributed by atoms with Crippen LogP contribution in [0.15, 0.2) is 122 Å². The standard InChI is InChI=1S/C54H91N2O6P/c1-6-8-10-12-14-16-18-20-22-24-26-27-28-29-30-32-34-36-38-40-42-44-46-48-54(58)55-52(51-62-63(59,60)61-50-49-56(3,4)5)53(57)47-45-43-41-39-37-35-33-31-25-23-21-19-17-15-13-11-9-7-2/h8,10,14,16,20,22,25-27,29-31,34,36-37,39-40,42,45,47,52-53,57H,6-7,9,11-13,15,17-19,21,23-24,28,32-33,35,38,41,43-44,46,48-51H2,1-5H3,(H-,55,58,59,60)/p+1/b10-8-,16-14-,22-20-,27-26-,30-29-,31-25+,36-34-,39-37+,42-40-,47-45+. The van der Waals surface area contributed by atoms with E-state index in [0.29, 0.717) is 17.4 Å². The maximum atomic E-state index is 12.9. The molecule has 358 valence electrons. The van der Waals surface area contributed by atoms with Crippen molar-refractivity contribution >= 4 is 13.7 Å². The fourth-order valence-electron chi connectivity index (χ4n) is 6.06. The molecule has 3 atom stereocenters. The van der Waals surface area contributed by atoms with E-state index in [1.807, 2.05) is 27.2 Å². The van der Waals surface area contributed by atoms with Crippen molar-refractivity contribution in [2.75, 3.05) is 40.9 Å². The summed E-state index contributed by atoms with van der Waals surface area (Å²) in [6.07, 6.45) is 65.7. The molecule has 0 fully saturated rings. The first-order valence-electron chi connectivity index (χ1n) is 24.4. The molecule has 0 heterocycles. The van der Waals surface area contributed by atoms with Crippen LogP contribution in [0.1, 0.15) is 162 Å². The molecule has 0 radical (unpaired) electrons. The average molecular weight is 896 g/mol. The van der Waals surface area contributed by atoms with Gasteiger partial charge < -0.3 is 19.8 Å². The van der Waals surface area contributed by atoms with Gasteiger partial charge in [0.05, 0.1) is 39.9 Å². The molecule has 8 nitrogen and oxygen atoms in total. The number of phosphoric ester groups is 1.